The number of nitrogens with zero attached hydrogens (tertiary/aromatic N) is 1. The zero-order valence-corrected chi connectivity index (χ0v) is 13.6. The molecule has 0 aliphatic heterocycles. The lowest BCUT2D eigenvalue weighted by Gasteiger charge is -2.16. The van der Waals surface area contributed by atoms with Crippen molar-refractivity contribution in [1.82, 2.24) is 4.98 Å². The van der Waals surface area contributed by atoms with Gasteiger partial charge in [0.1, 0.15) is 5.82 Å². The SMILES string of the molecule is O=C(Cl)CC1CC2CC(c3ccnc4ccc(F)cc34)CC2C1. The van der Waals surface area contributed by atoms with Gasteiger partial charge in [0.05, 0.1) is 5.52 Å². The van der Waals surface area contributed by atoms with Crippen LogP contribution in [0.15, 0.2) is 30.5 Å². The Bertz CT molecular complexity index is 748. The molecule has 0 saturated heterocycles. The van der Waals surface area contributed by atoms with E-state index in [1.165, 1.54) is 11.6 Å². The molecule has 2 unspecified atom stereocenters. The molecule has 2 aliphatic carbocycles. The molecule has 4 heteroatoms. The van der Waals surface area contributed by atoms with E-state index >= 15 is 0 Å². The Balaban J connectivity index is 1.56. The van der Waals surface area contributed by atoms with E-state index in [1.54, 1.807) is 12.1 Å². The molecule has 2 aliphatic rings. The van der Waals surface area contributed by atoms with Crippen LogP contribution in [0.3, 0.4) is 0 Å². The molecule has 2 fully saturated rings. The van der Waals surface area contributed by atoms with Crippen molar-refractivity contribution in [3.63, 3.8) is 0 Å². The lowest BCUT2D eigenvalue weighted by atomic mass is 9.90. The first-order valence-electron chi connectivity index (χ1n) is 8.32. The normalized spacial score (nSPS) is 29.8. The van der Waals surface area contributed by atoms with Crippen molar-refractivity contribution in [2.45, 2.75) is 38.0 Å². The molecule has 0 radical (unpaired) electrons. The molecular weight excluding hydrogens is 313 g/mol. The Kier molecular flexibility index (Phi) is 3.84. The van der Waals surface area contributed by atoms with Crippen LogP contribution >= 0.6 is 11.6 Å². The van der Waals surface area contributed by atoms with Gasteiger partial charge < -0.3 is 0 Å². The van der Waals surface area contributed by atoms with Gasteiger partial charge in [0, 0.05) is 18.0 Å². The Labute approximate surface area is 140 Å². The summed E-state index contributed by atoms with van der Waals surface area (Å²) in [5.74, 6) is 2.09. The van der Waals surface area contributed by atoms with Crippen molar-refractivity contribution in [1.29, 1.82) is 0 Å². The zero-order valence-electron chi connectivity index (χ0n) is 12.8. The van der Waals surface area contributed by atoms with Gasteiger partial charge in [-0.15, -0.1) is 0 Å². The summed E-state index contributed by atoms with van der Waals surface area (Å²) in [6.07, 6.45) is 6.83. The van der Waals surface area contributed by atoms with E-state index in [-0.39, 0.29) is 11.1 Å². The Morgan fingerprint density at radius 3 is 2.61 bits per heavy atom. The summed E-state index contributed by atoms with van der Waals surface area (Å²) in [4.78, 5) is 15.5. The molecule has 0 amide bonds. The number of hydrogen-bond acceptors (Lipinski definition) is 2. The van der Waals surface area contributed by atoms with E-state index in [2.05, 4.69) is 4.98 Å². The third-order valence-corrected chi connectivity index (χ3v) is 5.89. The minimum Gasteiger partial charge on any atom is -0.281 e. The molecule has 2 atom stereocenters. The van der Waals surface area contributed by atoms with Crippen LogP contribution in [0.1, 0.15) is 43.6 Å². The molecule has 1 aromatic carbocycles. The average Bonchev–Trinajstić information content (AvgIpc) is 3.04. The molecule has 0 spiro atoms. The van der Waals surface area contributed by atoms with Crippen LogP contribution in [0.4, 0.5) is 4.39 Å². The van der Waals surface area contributed by atoms with Crippen LogP contribution < -0.4 is 0 Å². The standard InChI is InChI=1S/C19H19ClFNO/c20-19(23)7-11-5-12-8-14(9-13(12)6-11)16-3-4-22-18-2-1-15(21)10-17(16)18/h1-4,10-14H,5-9H2. The third-order valence-electron chi connectivity index (χ3n) is 5.74. The Morgan fingerprint density at radius 1 is 1.17 bits per heavy atom. The van der Waals surface area contributed by atoms with Crippen LogP contribution in [-0.4, -0.2) is 10.2 Å². The van der Waals surface area contributed by atoms with Crippen LogP contribution in [-0.2, 0) is 4.79 Å². The topological polar surface area (TPSA) is 30.0 Å². The third kappa shape index (κ3) is 2.87. The second-order valence-electron chi connectivity index (χ2n) is 7.15. The van der Waals surface area contributed by atoms with Crippen molar-refractivity contribution in [2.75, 3.05) is 0 Å². The van der Waals surface area contributed by atoms with E-state index in [4.69, 9.17) is 11.6 Å². The fourth-order valence-corrected chi connectivity index (χ4v) is 5.10. The summed E-state index contributed by atoms with van der Waals surface area (Å²) < 4.78 is 13.6. The maximum Gasteiger partial charge on any atom is 0.221 e. The number of carbonyl (C=O) groups excluding carboxylic acids is 1. The predicted molar refractivity (Wildman–Crippen MR) is 88.9 cm³/mol. The highest BCUT2D eigenvalue weighted by atomic mass is 35.5. The number of fused-ring (bicyclic) bond motifs is 2. The summed E-state index contributed by atoms with van der Waals surface area (Å²) in [6.45, 7) is 0. The maximum atomic E-state index is 13.6. The van der Waals surface area contributed by atoms with Gasteiger partial charge in [0.2, 0.25) is 5.24 Å². The Hall–Kier alpha value is -1.48. The summed E-state index contributed by atoms with van der Waals surface area (Å²) in [5, 5.41) is 0.743. The Morgan fingerprint density at radius 2 is 1.91 bits per heavy atom. The number of halogens is 2. The number of carbonyl (C=O) groups is 1. The number of hydrogen-bond donors (Lipinski definition) is 0. The number of rotatable bonds is 3. The summed E-state index contributed by atoms with van der Waals surface area (Å²) in [7, 11) is 0. The zero-order chi connectivity index (χ0) is 16.0. The second-order valence-corrected chi connectivity index (χ2v) is 7.57. The molecule has 0 N–H and O–H groups in total. The smallest absolute Gasteiger partial charge is 0.221 e. The second kappa shape index (κ2) is 5.86. The van der Waals surface area contributed by atoms with Crippen molar-refractivity contribution in [2.24, 2.45) is 17.8 Å². The molecule has 120 valence electrons. The van der Waals surface area contributed by atoms with Crippen molar-refractivity contribution in [3.8, 4) is 0 Å². The van der Waals surface area contributed by atoms with Gasteiger partial charge >= 0.3 is 0 Å². The molecule has 4 rings (SSSR count). The summed E-state index contributed by atoms with van der Waals surface area (Å²) in [5.41, 5.74) is 2.10. The molecular formula is C19H19ClFNO. The highest BCUT2D eigenvalue weighted by Crippen LogP contribution is 2.53. The van der Waals surface area contributed by atoms with Crippen molar-refractivity contribution >= 4 is 27.7 Å². The van der Waals surface area contributed by atoms with Crippen LogP contribution in [0.2, 0.25) is 0 Å². The first-order chi connectivity index (χ1) is 11.1. The van der Waals surface area contributed by atoms with E-state index in [9.17, 15) is 9.18 Å². The summed E-state index contributed by atoms with van der Waals surface area (Å²) in [6, 6.07) is 6.89. The number of pyridine rings is 1. The number of benzene rings is 1. The molecule has 23 heavy (non-hydrogen) atoms. The van der Waals surface area contributed by atoms with Gasteiger partial charge in [-0.25, -0.2) is 4.39 Å². The summed E-state index contributed by atoms with van der Waals surface area (Å²) >= 11 is 5.54. The molecule has 2 nitrogen and oxygen atoms in total. The molecule has 2 saturated carbocycles. The van der Waals surface area contributed by atoms with E-state index in [1.807, 2.05) is 12.3 Å². The van der Waals surface area contributed by atoms with Gasteiger partial charge in [-0.2, -0.15) is 0 Å². The predicted octanol–water partition coefficient (Wildman–Crippen LogP) is 5.05. The van der Waals surface area contributed by atoms with E-state index in [0.717, 1.165) is 36.6 Å². The minimum absolute atomic E-state index is 0.203. The molecule has 0 bridgehead atoms. The maximum absolute atomic E-state index is 13.6. The van der Waals surface area contributed by atoms with Crippen LogP contribution in [0.25, 0.3) is 10.9 Å². The van der Waals surface area contributed by atoms with E-state index in [0.29, 0.717) is 30.1 Å². The van der Waals surface area contributed by atoms with Gasteiger partial charge in [0.15, 0.2) is 0 Å². The largest absolute Gasteiger partial charge is 0.281 e. The lowest BCUT2D eigenvalue weighted by molar-refractivity contribution is -0.112. The van der Waals surface area contributed by atoms with Gasteiger partial charge in [-0.1, -0.05) is 0 Å². The average molecular weight is 332 g/mol. The molecule has 2 aromatic rings. The fourth-order valence-electron chi connectivity index (χ4n) is 4.89. The molecule has 1 aromatic heterocycles. The first-order valence-corrected chi connectivity index (χ1v) is 8.70. The number of aromatic nitrogens is 1. The van der Waals surface area contributed by atoms with E-state index < -0.39 is 0 Å². The fraction of sp³-hybridized carbons (Fsp3) is 0.474. The lowest BCUT2D eigenvalue weighted by Crippen LogP contribution is -2.04. The van der Waals surface area contributed by atoms with Crippen molar-refractivity contribution in [3.05, 3.63) is 41.8 Å². The highest BCUT2D eigenvalue weighted by molar-refractivity contribution is 6.63. The quantitative estimate of drug-likeness (QED) is 0.737. The highest BCUT2D eigenvalue weighted by Gasteiger charge is 2.42. The van der Waals surface area contributed by atoms with Gasteiger partial charge in [0.25, 0.3) is 0 Å². The monoisotopic (exact) mass is 331 g/mol. The van der Waals surface area contributed by atoms with Crippen LogP contribution in [0, 0.1) is 23.6 Å². The first kappa shape index (κ1) is 15.1. The van der Waals surface area contributed by atoms with Gasteiger partial charge in [-0.3, -0.25) is 9.78 Å². The van der Waals surface area contributed by atoms with Crippen LogP contribution in [0.5, 0.6) is 0 Å². The molecule has 1 heterocycles. The van der Waals surface area contributed by atoms with Crippen molar-refractivity contribution < 1.29 is 9.18 Å². The minimum atomic E-state index is -0.206. The van der Waals surface area contributed by atoms with Gasteiger partial charge in [-0.05, 0) is 90.8 Å².